The minimum Gasteiger partial charge on any atom is -0.342 e. The van der Waals surface area contributed by atoms with Crippen LogP contribution in [-0.2, 0) is 6.42 Å². The maximum atomic E-state index is 13.6. The fourth-order valence-corrected chi connectivity index (χ4v) is 5.42. The van der Waals surface area contributed by atoms with E-state index in [9.17, 15) is 10.1 Å². The molecule has 3 aromatic rings. The number of hydrogen-bond acceptors (Lipinski definition) is 3. The van der Waals surface area contributed by atoms with Gasteiger partial charge >= 0.3 is 0 Å². The lowest BCUT2D eigenvalue weighted by molar-refractivity contribution is 0.0712. The molecule has 0 radical (unpaired) electrons. The van der Waals surface area contributed by atoms with Gasteiger partial charge in [0.15, 0.2) is 0 Å². The molecule has 0 spiro atoms. The quantitative estimate of drug-likeness (QED) is 0.508. The molecule has 1 saturated carbocycles. The topological polar surface area (TPSA) is 72.8 Å². The van der Waals surface area contributed by atoms with Crippen molar-refractivity contribution in [2.24, 2.45) is 0 Å². The summed E-state index contributed by atoms with van der Waals surface area (Å²) in [5.41, 5.74) is 7.22. The second kappa shape index (κ2) is 9.46. The van der Waals surface area contributed by atoms with Crippen molar-refractivity contribution in [3.8, 4) is 17.5 Å². The minimum absolute atomic E-state index is 0.105. The summed E-state index contributed by atoms with van der Waals surface area (Å²) in [4.78, 5) is 23.7. The Bertz CT molecular complexity index is 1240. The lowest BCUT2D eigenvalue weighted by atomic mass is 9.77. The van der Waals surface area contributed by atoms with E-state index in [1.807, 2.05) is 29.3 Å². The number of aromatic amines is 1. The normalized spacial score (nSPS) is 16.8. The molecule has 1 aliphatic heterocycles. The number of aryl methyl sites for hydroxylation is 2. The molecule has 1 aliphatic carbocycles. The third-order valence-electron chi connectivity index (χ3n) is 7.74. The third kappa shape index (κ3) is 4.14. The van der Waals surface area contributed by atoms with Crippen LogP contribution in [-0.4, -0.2) is 33.9 Å². The second-order valence-corrected chi connectivity index (χ2v) is 9.76. The Kier molecular flexibility index (Phi) is 6.24. The number of piperidine rings is 1. The fraction of sp³-hybridized carbons (Fsp3) is 0.414. The summed E-state index contributed by atoms with van der Waals surface area (Å²) < 4.78 is 0. The Morgan fingerprint density at radius 1 is 1.12 bits per heavy atom. The zero-order chi connectivity index (χ0) is 23.7. The maximum Gasteiger partial charge on any atom is 0.254 e. The number of H-pyrrole nitrogens is 1. The van der Waals surface area contributed by atoms with Gasteiger partial charge in [-0.1, -0.05) is 37.6 Å². The maximum absolute atomic E-state index is 13.6. The Morgan fingerprint density at radius 2 is 1.85 bits per heavy atom. The highest BCUT2D eigenvalue weighted by Crippen LogP contribution is 2.42. The highest BCUT2D eigenvalue weighted by Gasteiger charge is 2.29. The smallest absolute Gasteiger partial charge is 0.254 e. The Morgan fingerprint density at radius 3 is 2.50 bits per heavy atom. The summed E-state index contributed by atoms with van der Waals surface area (Å²) in [6, 6.07) is 14.5. The van der Waals surface area contributed by atoms with Crippen molar-refractivity contribution in [2.45, 2.75) is 64.2 Å². The van der Waals surface area contributed by atoms with Crippen LogP contribution in [0.4, 0.5) is 0 Å². The largest absolute Gasteiger partial charge is 0.342 e. The number of carbonyl (C=O) groups excluding carboxylic acids is 1. The predicted molar refractivity (Wildman–Crippen MR) is 134 cm³/mol. The minimum atomic E-state index is 0.105. The number of amides is 1. The molecule has 174 valence electrons. The number of hydrogen-bond donors (Lipinski definition) is 1. The van der Waals surface area contributed by atoms with Crippen LogP contribution < -0.4 is 0 Å². The van der Waals surface area contributed by atoms with Crippen LogP contribution in [0.1, 0.15) is 89.2 Å². The van der Waals surface area contributed by atoms with Crippen molar-refractivity contribution in [3.05, 3.63) is 76.1 Å². The van der Waals surface area contributed by atoms with Gasteiger partial charge in [0, 0.05) is 36.1 Å². The number of aromatic nitrogens is 2. The predicted octanol–water partition coefficient (Wildman–Crippen LogP) is 6.11. The standard InChI is InChI=1S/C29H32N4O/c1-3-23-18-31-28(32-23)27-16-25(19(2)15-26(27)20-8-6-9-20)29(34)33-13-11-21(12-14-33)24-10-5-4-7-22(24)17-30/h4-5,7,10,15-16,18,20-21H,3,6,8-9,11-14H2,1-2H3,(H,31,32). The molecule has 1 N–H and O–H groups in total. The number of imidazole rings is 1. The van der Waals surface area contributed by atoms with Crippen molar-refractivity contribution < 1.29 is 4.79 Å². The van der Waals surface area contributed by atoms with E-state index in [1.165, 1.54) is 24.8 Å². The molecule has 1 saturated heterocycles. The number of nitriles is 1. The van der Waals surface area contributed by atoms with Crippen LogP contribution >= 0.6 is 0 Å². The van der Waals surface area contributed by atoms with Crippen LogP contribution in [0, 0.1) is 18.3 Å². The lowest BCUT2D eigenvalue weighted by Gasteiger charge is -2.33. The summed E-state index contributed by atoms with van der Waals surface area (Å²) in [7, 11) is 0. The van der Waals surface area contributed by atoms with Crippen molar-refractivity contribution in [1.82, 2.24) is 14.9 Å². The van der Waals surface area contributed by atoms with E-state index in [0.29, 0.717) is 24.9 Å². The van der Waals surface area contributed by atoms with Crippen molar-refractivity contribution in [2.75, 3.05) is 13.1 Å². The SMILES string of the molecule is CCc1cnc(-c2cc(C(=O)N3CCC(c4ccccc4C#N)CC3)c(C)cc2C2CCC2)[nH]1. The van der Waals surface area contributed by atoms with Gasteiger partial charge in [-0.05, 0) is 79.7 Å². The Labute approximate surface area is 201 Å². The molecule has 5 nitrogen and oxygen atoms in total. The average Bonchev–Trinajstić information content (AvgIpc) is 3.32. The van der Waals surface area contributed by atoms with Crippen molar-refractivity contribution in [1.29, 1.82) is 5.26 Å². The fourth-order valence-electron chi connectivity index (χ4n) is 5.42. The highest BCUT2D eigenvalue weighted by atomic mass is 16.2. The molecule has 1 aromatic heterocycles. The Balaban J connectivity index is 1.40. The van der Waals surface area contributed by atoms with Crippen molar-refractivity contribution in [3.63, 3.8) is 0 Å². The van der Waals surface area contributed by atoms with Gasteiger partial charge in [0.2, 0.25) is 0 Å². The number of benzene rings is 2. The molecule has 2 aliphatic rings. The van der Waals surface area contributed by atoms with Crippen LogP contribution in [0.25, 0.3) is 11.4 Å². The summed E-state index contributed by atoms with van der Waals surface area (Å²) in [5, 5.41) is 9.47. The first-order valence-corrected chi connectivity index (χ1v) is 12.6. The first-order valence-electron chi connectivity index (χ1n) is 12.6. The molecule has 2 fully saturated rings. The molecule has 2 heterocycles. The van der Waals surface area contributed by atoms with Gasteiger partial charge in [0.25, 0.3) is 5.91 Å². The average molecular weight is 453 g/mol. The molecule has 0 bridgehead atoms. The molecular weight excluding hydrogens is 420 g/mol. The number of likely N-dealkylation sites (tertiary alicyclic amines) is 1. The molecule has 0 unspecified atom stereocenters. The van der Waals surface area contributed by atoms with Gasteiger partial charge in [-0.15, -0.1) is 0 Å². The van der Waals surface area contributed by atoms with Crippen LogP contribution in [0.15, 0.2) is 42.6 Å². The molecular formula is C29H32N4O. The molecule has 34 heavy (non-hydrogen) atoms. The summed E-state index contributed by atoms with van der Waals surface area (Å²) in [6.07, 6.45) is 8.27. The summed E-state index contributed by atoms with van der Waals surface area (Å²) >= 11 is 0. The van der Waals surface area contributed by atoms with E-state index in [4.69, 9.17) is 0 Å². The zero-order valence-corrected chi connectivity index (χ0v) is 20.1. The highest BCUT2D eigenvalue weighted by molar-refractivity contribution is 5.97. The first kappa shape index (κ1) is 22.4. The monoisotopic (exact) mass is 452 g/mol. The van der Waals surface area contributed by atoms with E-state index in [0.717, 1.165) is 58.6 Å². The number of nitrogens with one attached hydrogen (secondary N) is 1. The van der Waals surface area contributed by atoms with Crippen molar-refractivity contribution >= 4 is 5.91 Å². The zero-order valence-electron chi connectivity index (χ0n) is 20.1. The summed E-state index contributed by atoms with van der Waals surface area (Å²) in [6.45, 7) is 5.61. The van der Waals surface area contributed by atoms with Gasteiger partial charge in [0.1, 0.15) is 5.82 Å². The summed E-state index contributed by atoms with van der Waals surface area (Å²) in [5.74, 6) is 1.87. The van der Waals surface area contributed by atoms with E-state index in [-0.39, 0.29) is 5.91 Å². The van der Waals surface area contributed by atoms with Gasteiger partial charge in [-0.25, -0.2) is 4.98 Å². The molecule has 5 heteroatoms. The van der Waals surface area contributed by atoms with Crippen LogP contribution in [0.3, 0.4) is 0 Å². The van der Waals surface area contributed by atoms with E-state index < -0.39 is 0 Å². The van der Waals surface area contributed by atoms with Gasteiger partial charge in [-0.2, -0.15) is 5.26 Å². The molecule has 5 rings (SSSR count). The van der Waals surface area contributed by atoms with E-state index >= 15 is 0 Å². The number of rotatable bonds is 5. The van der Waals surface area contributed by atoms with E-state index in [1.54, 1.807) is 0 Å². The van der Waals surface area contributed by atoms with Crippen LogP contribution in [0.5, 0.6) is 0 Å². The van der Waals surface area contributed by atoms with Gasteiger partial charge in [0.05, 0.1) is 11.6 Å². The molecule has 2 aromatic carbocycles. The van der Waals surface area contributed by atoms with Gasteiger partial charge in [-0.3, -0.25) is 4.79 Å². The molecule has 1 amide bonds. The number of carbonyl (C=O) groups is 1. The first-order chi connectivity index (χ1) is 16.6. The Hall–Kier alpha value is -3.39. The lowest BCUT2D eigenvalue weighted by Crippen LogP contribution is -2.38. The number of nitrogens with zero attached hydrogens (tertiary/aromatic N) is 3. The van der Waals surface area contributed by atoms with E-state index in [2.05, 4.69) is 48.1 Å². The van der Waals surface area contributed by atoms with Crippen LogP contribution in [0.2, 0.25) is 0 Å². The third-order valence-corrected chi connectivity index (χ3v) is 7.74. The van der Waals surface area contributed by atoms with Gasteiger partial charge < -0.3 is 9.88 Å². The second-order valence-electron chi connectivity index (χ2n) is 9.76. The molecule has 0 atom stereocenters.